The molecule has 0 aliphatic carbocycles. The van der Waals surface area contributed by atoms with Gasteiger partial charge < -0.3 is 5.11 Å². The average Bonchev–Trinajstić information content (AvgIpc) is 2.87. The largest absolute Gasteiger partial charge is 0.506 e. The number of rotatable bonds is 3. The molecule has 0 unspecified atom stereocenters. The molecule has 3 aromatic rings. The highest BCUT2D eigenvalue weighted by atomic mass is 35.5. The Balaban J connectivity index is 1.86. The first-order valence-electron chi connectivity index (χ1n) is 5.99. The van der Waals surface area contributed by atoms with Crippen LogP contribution in [0.25, 0.3) is 10.2 Å². The van der Waals surface area contributed by atoms with Crippen molar-refractivity contribution in [3.63, 3.8) is 0 Å². The van der Waals surface area contributed by atoms with Gasteiger partial charge in [-0.05, 0) is 29.8 Å². The molecule has 20 heavy (non-hydrogen) atoms. The number of hydrogen-bond donors (Lipinski definition) is 1. The summed E-state index contributed by atoms with van der Waals surface area (Å²) in [6, 6.07) is 12.4. The molecule has 0 spiro atoms. The molecule has 100 valence electrons. The summed E-state index contributed by atoms with van der Waals surface area (Å²) < 4.78 is 1.000. The number of phenolic OH excluding ortho intramolecular Hbond substituents is 1. The predicted octanol–water partition coefficient (Wildman–Crippen LogP) is 4.08. The molecule has 1 heterocycles. The topological polar surface area (TPSA) is 50.2 Å². The zero-order valence-electron chi connectivity index (χ0n) is 10.3. The molecule has 5 heteroatoms. The fourth-order valence-electron chi connectivity index (χ4n) is 1.91. The average molecular weight is 304 g/mol. The minimum atomic E-state index is -0.0482. The molecule has 3 rings (SSSR count). The van der Waals surface area contributed by atoms with Crippen LogP contribution in [0.2, 0.25) is 5.02 Å². The Hall–Kier alpha value is -1.91. The van der Waals surface area contributed by atoms with Crippen LogP contribution >= 0.6 is 22.9 Å². The number of carbonyl (C=O) groups excluding carboxylic acids is 1. The number of aromatic hydroxyl groups is 1. The number of para-hydroxylation sites is 1. The number of benzene rings is 2. The highest BCUT2D eigenvalue weighted by molar-refractivity contribution is 7.20. The fraction of sp³-hybridized carbons (Fsp3) is 0.0667. The standard InChI is InChI=1S/C15H10ClNO2S/c16-10-7-9(5-6-12(10)18)8-13(19)15-17-11-3-1-2-4-14(11)20-15/h1-7,18H,8H2. The number of thiazole rings is 1. The Labute approximate surface area is 124 Å². The fourth-order valence-corrected chi connectivity index (χ4v) is 3.02. The van der Waals surface area contributed by atoms with Gasteiger partial charge in [-0.15, -0.1) is 11.3 Å². The molecule has 0 atom stereocenters. The van der Waals surface area contributed by atoms with Gasteiger partial charge in [0.2, 0.25) is 0 Å². The highest BCUT2D eigenvalue weighted by Gasteiger charge is 2.13. The summed E-state index contributed by atoms with van der Waals surface area (Å²) in [6.07, 6.45) is 0.222. The molecule has 1 aromatic heterocycles. The van der Waals surface area contributed by atoms with Crippen molar-refractivity contribution in [3.05, 3.63) is 58.1 Å². The van der Waals surface area contributed by atoms with Crippen LogP contribution in [0.4, 0.5) is 0 Å². The zero-order valence-corrected chi connectivity index (χ0v) is 11.9. The van der Waals surface area contributed by atoms with Crippen LogP contribution in [0.1, 0.15) is 15.4 Å². The Kier molecular flexibility index (Phi) is 3.42. The quantitative estimate of drug-likeness (QED) is 0.742. The van der Waals surface area contributed by atoms with Crippen LogP contribution in [-0.4, -0.2) is 15.9 Å². The predicted molar refractivity (Wildman–Crippen MR) is 80.8 cm³/mol. The van der Waals surface area contributed by atoms with E-state index in [9.17, 15) is 9.90 Å². The van der Waals surface area contributed by atoms with Gasteiger partial charge in [0.15, 0.2) is 10.8 Å². The maximum absolute atomic E-state index is 12.2. The molecule has 0 aliphatic heterocycles. The van der Waals surface area contributed by atoms with E-state index in [2.05, 4.69) is 4.98 Å². The lowest BCUT2D eigenvalue weighted by Gasteiger charge is -2.01. The Morgan fingerprint density at radius 2 is 2.05 bits per heavy atom. The molecule has 1 N–H and O–H groups in total. The molecule has 0 radical (unpaired) electrons. The van der Waals surface area contributed by atoms with Crippen LogP contribution < -0.4 is 0 Å². The molecule has 0 bridgehead atoms. The first-order chi connectivity index (χ1) is 9.63. The molecule has 2 aromatic carbocycles. The van der Waals surface area contributed by atoms with E-state index in [1.54, 1.807) is 12.1 Å². The number of ketones is 1. The van der Waals surface area contributed by atoms with E-state index >= 15 is 0 Å². The van der Waals surface area contributed by atoms with E-state index < -0.39 is 0 Å². The lowest BCUT2D eigenvalue weighted by Crippen LogP contribution is -2.02. The number of carbonyl (C=O) groups is 1. The number of Topliss-reactive ketones (excluding diaryl/α,β-unsaturated/α-hetero) is 1. The summed E-state index contributed by atoms with van der Waals surface area (Å²) >= 11 is 7.22. The van der Waals surface area contributed by atoms with E-state index in [-0.39, 0.29) is 23.0 Å². The lowest BCUT2D eigenvalue weighted by molar-refractivity contribution is 0.0993. The zero-order chi connectivity index (χ0) is 14.1. The molecular formula is C15H10ClNO2S. The molecule has 3 nitrogen and oxygen atoms in total. The van der Waals surface area contributed by atoms with Gasteiger partial charge in [0.05, 0.1) is 15.2 Å². The summed E-state index contributed by atoms with van der Waals surface area (Å²) in [5.41, 5.74) is 1.60. The van der Waals surface area contributed by atoms with E-state index in [0.717, 1.165) is 15.8 Å². The van der Waals surface area contributed by atoms with Gasteiger partial charge in [-0.25, -0.2) is 4.98 Å². The van der Waals surface area contributed by atoms with Crippen molar-refractivity contribution in [3.8, 4) is 5.75 Å². The summed E-state index contributed by atoms with van der Waals surface area (Å²) in [6.45, 7) is 0. The SMILES string of the molecule is O=C(Cc1ccc(O)c(Cl)c1)c1nc2ccccc2s1. The number of aromatic nitrogens is 1. The summed E-state index contributed by atoms with van der Waals surface area (Å²) in [4.78, 5) is 16.6. The first kappa shape index (κ1) is 13.1. The first-order valence-corrected chi connectivity index (χ1v) is 7.19. The third kappa shape index (κ3) is 2.53. The Morgan fingerprint density at radius 1 is 1.25 bits per heavy atom. The number of hydrogen-bond acceptors (Lipinski definition) is 4. The molecular weight excluding hydrogens is 294 g/mol. The summed E-state index contributed by atoms with van der Waals surface area (Å²) in [5, 5.41) is 10.1. The maximum Gasteiger partial charge on any atom is 0.195 e. The van der Waals surface area contributed by atoms with Crippen LogP contribution in [0.15, 0.2) is 42.5 Å². The van der Waals surface area contributed by atoms with E-state index in [1.165, 1.54) is 17.4 Å². The van der Waals surface area contributed by atoms with Gasteiger partial charge >= 0.3 is 0 Å². The normalized spacial score (nSPS) is 10.8. The molecule has 0 saturated carbocycles. The van der Waals surface area contributed by atoms with Crippen molar-refractivity contribution in [2.45, 2.75) is 6.42 Å². The maximum atomic E-state index is 12.2. The molecule has 0 amide bonds. The number of phenols is 1. The van der Waals surface area contributed by atoms with Crippen LogP contribution in [0, 0.1) is 0 Å². The van der Waals surface area contributed by atoms with Crippen LogP contribution in [-0.2, 0) is 6.42 Å². The Bertz CT molecular complexity index is 764. The van der Waals surface area contributed by atoms with Crippen molar-refractivity contribution < 1.29 is 9.90 Å². The van der Waals surface area contributed by atoms with Crippen molar-refractivity contribution in [2.24, 2.45) is 0 Å². The third-order valence-electron chi connectivity index (χ3n) is 2.91. The molecule has 0 aliphatic rings. The number of fused-ring (bicyclic) bond motifs is 1. The van der Waals surface area contributed by atoms with E-state index in [4.69, 9.17) is 11.6 Å². The van der Waals surface area contributed by atoms with E-state index in [1.807, 2.05) is 24.3 Å². The van der Waals surface area contributed by atoms with Gasteiger partial charge in [-0.1, -0.05) is 29.8 Å². The minimum absolute atomic E-state index is 0.0165. The number of nitrogens with zero attached hydrogens (tertiary/aromatic N) is 1. The van der Waals surface area contributed by atoms with Gasteiger partial charge in [-0.2, -0.15) is 0 Å². The summed E-state index contributed by atoms with van der Waals surface area (Å²) in [7, 11) is 0. The second-order valence-electron chi connectivity index (χ2n) is 4.37. The van der Waals surface area contributed by atoms with Gasteiger partial charge in [0.25, 0.3) is 0 Å². The Morgan fingerprint density at radius 3 is 2.80 bits per heavy atom. The number of halogens is 1. The van der Waals surface area contributed by atoms with Gasteiger partial charge in [0, 0.05) is 6.42 Å². The van der Waals surface area contributed by atoms with Crippen LogP contribution in [0.5, 0.6) is 5.75 Å². The summed E-state index contributed by atoms with van der Waals surface area (Å²) in [5.74, 6) is -0.0317. The van der Waals surface area contributed by atoms with Crippen molar-refractivity contribution in [1.82, 2.24) is 4.98 Å². The second-order valence-corrected chi connectivity index (χ2v) is 5.81. The van der Waals surface area contributed by atoms with Gasteiger partial charge in [-0.3, -0.25) is 4.79 Å². The van der Waals surface area contributed by atoms with Crippen molar-refractivity contribution in [2.75, 3.05) is 0 Å². The smallest absolute Gasteiger partial charge is 0.195 e. The highest BCUT2D eigenvalue weighted by Crippen LogP contribution is 2.26. The van der Waals surface area contributed by atoms with Crippen LogP contribution in [0.3, 0.4) is 0 Å². The van der Waals surface area contributed by atoms with Crippen molar-refractivity contribution >= 4 is 38.9 Å². The van der Waals surface area contributed by atoms with Crippen molar-refractivity contribution in [1.29, 1.82) is 0 Å². The molecule has 0 saturated heterocycles. The molecule has 0 fully saturated rings. The minimum Gasteiger partial charge on any atom is -0.506 e. The second kappa shape index (κ2) is 5.23. The van der Waals surface area contributed by atoms with Gasteiger partial charge in [0.1, 0.15) is 5.75 Å². The third-order valence-corrected chi connectivity index (χ3v) is 4.29. The lowest BCUT2D eigenvalue weighted by atomic mass is 10.1. The van der Waals surface area contributed by atoms with E-state index in [0.29, 0.717) is 5.01 Å². The monoisotopic (exact) mass is 303 g/mol.